The average molecular weight is 503 g/mol. The van der Waals surface area contributed by atoms with Crippen LogP contribution in [0.15, 0.2) is 4.99 Å². The van der Waals surface area contributed by atoms with E-state index >= 15 is 0 Å². The normalized spacial score (nSPS) is 14.1. The van der Waals surface area contributed by atoms with Gasteiger partial charge in [0.1, 0.15) is 24.4 Å². The molecule has 0 aromatic carbocycles. The van der Waals surface area contributed by atoms with Crippen LogP contribution in [0.5, 0.6) is 0 Å². The first-order valence-corrected chi connectivity index (χ1v) is 11.8. The Bertz CT molecular complexity index is 762. The number of guanidine groups is 1. The van der Waals surface area contributed by atoms with E-state index in [1.54, 1.807) is 34.6 Å². The van der Waals surface area contributed by atoms with Gasteiger partial charge in [-0.25, -0.2) is 9.18 Å². The van der Waals surface area contributed by atoms with Crippen molar-refractivity contribution in [2.24, 2.45) is 34.0 Å². The van der Waals surface area contributed by atoms with Crippen molar-refractivity contribution in [1.29, 1.82) is 0 Å². The molecule has 3 atom stereocenters. The van der Waals surface area contributed by atoms with Gasteiger partial charge in [-0.05, 0) is 51.9 Å². The van der Waals surface area contributed by atoms with Gasteiger partial charge in [0, 0.05) is 6.54 Å². The molecule has 0 heterocycles. The number of alkyl halides is 1. The minimum Gasteiger partial charge on any atom is -0.444 e. The molecule has 0 rings (SSSR count). The Morgan fingerprint density at radius 2 is 1.63 bits per heavy atom. The van der Waals surface area contributed by atoms with E-state index < -0.39 is 60.0 Å². The SMILES string of the molecule is CC(C)C[C@H](N)C(=O)N(C(=O)[C@H](NC(=O)OC(C)(C)C)C(C)C)C(CCCN=C(N)N)C(=O)CF. The molecule has 35 heavy (non-hydrogen) atoms. The molecule has 0 radical (unpaired) electrons. The van der Waals surface area contributed by atoms with E-state index in [-0.39, 0.29) is 37.7 Å². The third-order valence-corrected chi connectivity index (χ3v) is 4.87. The first-order chi connectivity index (χ1) is 16.0. The zero-order valence-electron chi connectivity index (χ0n) is 22.0. The van der Waals surface area contributed by atoms with Crippen molar-refractivity contribution >= 4 is 29.7 Å². The molecule has 0 aromatic rings. The minimum atomic E-state index is -1.44. The number of alkyl carbamates (subject to hydrolysis) is 1. The molecule has 0 saturated carbocycles. The van der Waals surface area contributed by atoms with Gasteiger partial charge in [0.2, 0.25) is 5.91 Å². The van der Waals surface area contributed by atoms with Crippen molar-refractivity contribution in [3.05, 3.63) is 0 Å². The standard InChI is InChI=1S/C23H43FN6O5/c1-13(2)11-15(25)19(32)30(16(17(31)12-24)9-8-10-28-21(26)27)20(33)18(14(3)4)29-22(34)35-23(5,6)7/h13-16,18H,8-12,25H2,1-7H3,(H,29,34)(H4,26,27,28)/t15-,16?,18+/m0/s1. The predicted octanol–water partition coefficient (Wildman–Crippen LogP) is 1.23. The lowest BCUT2D eigenvalue weighted by Gasteiger charge is -2.35. The second-order valence-corrected chi connectivity index (χ2v) is 10.2. The van der Waals surface area contributed by atoms with Crippen LogP contribution in [0.1, 0.15) is 67.7 Å². The molecule has 0 aliphatic carbocycles. The molecule has 0 aromatic heterocycles. The largest absolute Gasteiger partial charge is 0.444 e. The summed E-state index contributed by atoms with van der Waals surface area (Å²) in [4.78, 5) is 56.5. The van der Waals surface area contributed by atoms with Crippen LogP contribution < -0.4 is 22.5 Å². The number of imide groups is 1. The molecule has 0 bridgehead atoms. The third kappa shape index (κ3) is 12.0. The van der Waals surface area contributed by atoms with Crippen LogP contribution in [0, 0.1) is 11.8 Å². The molecule has 7 N–H and O–H groups in total. The van der Waals surface area contributed by atoms with Crippen molar-refractivity contribution in [2.75, 3.05) is 13.2 Å². The van der Waals surface area contributed by atoms with Crippen LogP contribution in [0.3, 0.4) is 0 Å². The number of amides is 3. The number of nitrogens with one attached hydrogen (secondary N) is 1. The lowest BCUT2D eigenvalue weighted by molar-refractivity contribution is -0.154. The number of carbonyl (C=O) groups is 4. The maximum Gasteiger partial charge on any atom is 0.408 e. The van der Waals surface area contributed by atoms with Crippen molar-refractivity contribution in [3.63, 3.8) is 0 Å². The molecule has 12 heteroatoms. The zero-order valence-corrected chi connectivity index (χ0v) is 22.0. The number of halogens is 1. The van der Waals surface area contributed by atoms with E-state index in [2.05, 4.69) is 10.3 Å². The van der Waals surface area contributed by atoms with E-state index in [4.69, 9.17) is 21.9 Å². The smallest absolute Gasteiger partial charge is 0.408 e. The molecule has 1 unspecified atom stereocenters. The van der Waals surface area contributed by atoms with E-state index in [1.807, 2.05) is 13.8 Å². The van der Waals surface area contributed by atoms with Gasteiger partial charge in [0.05, 0.1) is 6.04 Å². The highest BCUT2D eigenvalue weighted by Gasteiger charge is 2.41. The van der Waals surface area contributed by atoms with Crippen molar-refractivity contribution in [1.82, 2.24) is 10.2 Å². The Kier molecular flexibility index (Phi) is 13.4. The Morgan fingerprint density at radius 3 is 2.06 bits per heavy atom. The van der Waals surface area contributed by atoms with Crippen LogP contribution in [-0.4, -0.2) is 71.5 Å². The van der Waals surface area contributed by atoms with E-state index in [0.717, 1.165) is 0 Å². The molecule has 0 aliphatic rings. The molecule has 11 nitrogen and oxygen atoms in total. The average Bonchev–Trinajstić information content (AvgIpc) is 2.70. The number of hydrogen-bond donors (Lipinski definition) is 4. The highest BCUT2D eigenvalue weighted by atomic mass is 19.1. The van der Waals surface area contributed by atoms with E-state index in [9.17, 15) is 23.6 Å². The fraction of sp³-hybridized carbons (Fsp3) is 0.783. The number of hydrogen-bond acceptors (Lipinski definition) is 7. The summed E-state index contributed by atoms with van der Waals surface area (Å²) >= 11 is 0. The fourth-order valence-corrected chi connectivity index (χ4v) is 3.32. The molecule has 3 amide bonds. The summed E-state index contributed by atoms with van der Waals surface area (Å²) in [5.41, 5.74) is 15.9. The first kappa shape index (κ1) is 32.2. The number of carbonyl (C=O) groups excluding carboxylic acids is 4. The quantitative estimate of drug-likeness (QED) is 0.165. The number of rotatable bonds is 13. The van der Waals surface area contributed by atoms with Gasteiger partial charge in [-0.3, -0.25) is 24.3 Å². The second-order valence-electron chi connectivity index (χ2n) is 10.2. The third-order valence-electron chi connectivity index (χ3n) is 4.87. The first-order valence-electron chi connectivity index (χ1n) is 11.8. The Labute approximate surface area is 207 Å². The van der Waals surface area contributed by atoms with Crippen LogP contribution in [0.25, 0.3) is 0 Å². The summed E-state index contributed by atoms with van der Waals surface area (Å²) in [6.45, 7) is 10.7. The second kappa shape index (κ2) is 14.6. The van der Waals surface area contributed by atoms with E-state index in [0.29, 0.717) is 4.90 Å². The molecule has 0 saturated heterocycles. The van der Waals surface area contributed by atoms with Crippen molar-refractivity contribution < 1.29 is 28.3 Å². The summed E-state index contributed by atoms with van der Waals surface area (Å²) in [5, 5.41) is 2.48. The number of nitrogens with two attached hydrogens (primary N) is 3. The maximum atomic E-state index is 13.7. The van der Waals surface area contributed by atoms with Gasteiger partial charge in [-0.2, -0.15) is 0 Å². The Morgan fingerprint density at radius 1 is 1.06 bits per heavy atom. The number of aliphatic imine (C=N–C) groups is 1. The lowest BCUT2D eigenvalue weighted by atomic mass is 9.96. The topological polar surface area (TPSA) is 183 Å². The fourth-order valence-electron chi connectivity index (χ4n) is 3.32. The molecular weight excluding hydrogens is 459 g/mol. The number of ketones is 1. The van der Waals surface area contributed by atoms with Gasteiger partial charge in [0.15, 0.2) is 11.7 Å². The Hall–Kier alpha value is -2.76. The van der Waals surface area contributed by atoms with Crippen molar-refractivity contribution in [2.45, 2.75) is 91.5 Å². The Balaban J connectivity index is 6.27. The van der Waals surface area contributed by atoms with Crippen LogP contribution in [-0.2, 0) is 19.1 Å². The van der Waals surface area contributed by atoms with Gasteiger partial charge in [-0.1, -0.05) is 27.7 Å². The summed E-state index contributed by atoms with van der Waals surface area (Å²) in [7, 11) is 0. The monoisotopic (exact) mass is 502 g/mol. The molecule has 202 valence electrons. The molecule has 0 spiro atoms. The number of nitrogens with zero attached hydrogens (tertiary/aromatic N) is 2. The highest BCUT2D eigenvalue weighted by Crippen LogP contribution is 2.19. The minimum absolute atomic E-state index is 0.0175. The summed E-state index contributed by atoms with van der Waals surface area (Å²) < 4.78 is 18.8. The molecule has 0 fully saturated rings. The summed E-state index contributed by atoms with van der Waals surface area (Å²) in [6, 6.07) is -3.78. The predicted molar refractivity (Wildman–Crippen MR) is 132 cm³/mol. The maximum absolute atomic E-state index is 13.7. The van der Waals surface area contributed by atoms with Crippen LogP contribution in [0.2, 0.25) is 0 Å². The van der Waals surface area contributed by atoms with Crippen molar-refractivity contribution in [3.8, 4) is 0 Å². The molecular formula is C23H43FN6O5. The van der Waals surface area contributed by atoms with Crippen LogP contribution >= 0.6 is 0 Å². The molecule has 0 aliphatic heterocycles. The lowest BCUT2D eigenvalue weighted by Crippen LogP contribution is -2.61. The number of Topliss-reactive ketones (excluding diaryl/α,β-unsaturated/α-hetero) is 1. The van der Waals surface area contributed by atoms with Gasteiger partial charge in [0.25, 0.3) is 5.91 Å². The highest BCUT2D eigenvalue weighted by molar-refractivity contribution is 6.05. The number of ether oxygens (including phenoxy) is 1. The zero-order chi connectivity index (χ0) is 27.5. The van der Waals surface area contributed by atoms with Gasteiger partial charge >= 0.3 is 6.09 Å². The van der Waals surface area contributed by atoms with Crippen LogP contribution in [0.4, 0.5) is 9.18 Å². The summed E-state index contributed by atoms with van der Waals surface area (Å²) in [5.74, 6) is -3.30. The van der Waals surface area contributed by atoms with E-state index in [1.165, 1.54) is 0 Å². The summed E-state index contributed by atoms with van der Waals surface area (Å²) in [6.07, 6.45) is -0.525. The van der Waals surface area contributed by atoms with Gasteiger partial charge < -0.3 is 27.3 Å². The van der Waals surface area contributed by atoms with Gasteiger partial charge in [-0.15, -0.1) is 0 Å².